The summed E-state index contributed by atoms with van der Waals surface area (Å²) in [7, 11) is 2.10. The second-order valence-corrected chi connectivity index (χ2v) is 6.88. The Labute approximate surface area is 138 Å². The first-order valence-corrected chi connectivity index (χ1v) is 9.07. The van der Waals surface area contributed by atoms with Crippen molar-refractivity contribution in [1.29, 1.82) is 0 Å². The van der Waals surface area contributed by atoms with Gasteiger partial charge in [0.15, 0.2) is 0 Å². The van der Waals surface area contributed by atoms with E-state index in [-0.39, 0.29) is 5.91 Å². The van der Waals surface area contributed by atoms with Gasteiger partial charge in [-0.1, -0.05) is 13.3 Å². The monoisotopic (exact) mass is 319 g/mol. The second-order valence-electron chi connectivity index (χ2n) is 6.88. The number of amides is 1. The molecule has 128 valence electrons. The molecule has 23 heavy (non-hydrogen) atoms. The van der Waals surface area contributed by atoms with Gasteiger partial charge in [-0.25, -0.2) is 0 Å². The van der Waals surface area contributed by atoms with E-state index in [0.717, 1.165) is 44.1 Å². The Morgan fingerprint density at radius 2 is 1.78 bits per heavy atom. The molecule has 2 aliphatic rings. The fraction of sp³-hybridized carbons (Fsp3) is 0.824. The summed E-state index contributed by atoms with van der Waals surface area (Å²) >= 11 is 0. The number of carbonyl (C=O) groups excluding carboxylic acids is 1. The van der Waals surface area contributed by atoms with Crippen LogP contribution in [0.4, 0.5) is 0 Å². The van der Waals surface area contributed by atoms with Crippen molar-refractivity contribution in [3.8, 4) is 0 Å². The van der Waals surface area contributed by atoms with Crippen LogP contribution in [0.5, 0.6) is 0 Å². The molecule has 0 bridgehead atoms. The summed E-state index contributed by atoms with van der Waals surface area (Å²) in [5, 5.41) is 8.92. The molecule has 2 saturated heterocycles. The van der Waals surface area contributed by atoms with Gasteiger partial charge in [0.05, 0.1) is 6.54 Å². The quantitative estimate of drug-likeness (QED) is 0.851. The van der Waals surface area contributed by atoms with Gasteiger partial charge in [-0.3, -0.25) is 9.69 Å². The molecule has 1 amide bonds. The van der Waals surface area contributed by atoms with Crippen molar-refractivity contribution in [3.05, 3.63) is 11.6 Å². The number of likely N-dealkylation sites (tertiary alicyclic amines) is 2. The third-order valence-electron chi connectivity index (χ3n) is 5.33. The van der Waals surface area contributed by atoms with E-state index in [2.05, 4.69) is 26.7 Å². The lowest BCUT2D eigenvalue weighted by Gasteiger charge is -2.31. The predicted octanol–water partition coefficient (Wildman–Crippen LogP) is 1.92. The molecular formula is C17H29N5O. The first-order valence-electron chi connectivity index (χ1n) is 9.07. The summed E-state index contributed by atoms with van der Waals surface area (Å²) in [6.45, 7) is 6.91. The third-order valence-corrected chi connectivity index (χ3v) is 5.33. The molecule has 0 spiro atoms. The van der Waals surface area contributed by atoms with Crippen LogP contribution in [0, 0.1) is 0 Å². The molecule has 0 aliphatic carbocycles. The Balaban J connectivity index is 1.60. The number of piperidine rings is 2. The van der Waals surface area contributed by atoms with E-state index < -0.39 is 0 Å². The van der Waals surface area contributed by atoms with Gasteiger partial charge in [-0.2, -0.15) is 0 Å². The van der Waals surface area contributed by atoms with Crippen LogP contribution in [0.2, 0.25) is 0 Å². The number of hydrogen-bond donors (Lipinski definition) is 0. The largest absolute Gasteiger partial charge is 0.343 e. The van der Waals surface area contributed by atoms with E-state index in [1.807, 2.05) is 11.8 Å². The van der Waals surface area contributed by atoms with Crippen LogP contribution < -0.4 is 0 Å². The summed E-state index contributed by atoms with van der Waals surface area (Å²) in [5.41, 5.74) is 0. The normalized spacial score (nSPS) is 20.9. The van der Waals surface area contributed by atoms with Gasteiger partial charge in [0.1, 0.15) is 11.6 Å². The van der Waals surface area contributed by atoms with E-state index in [1.165, 1.54) is 32.4 Å². The molecule has 0 N–H and O–H groups in total. The van der Waals surface area contributed by atoms with Crippen molar-refractivity contribution in [2.45, 2.75) is 57.9 Å². The highest BCUT2D eigenvalue weighted by Gasteiger charge is 2.27. The van der Waals surface area contributed by atoms with Crippen molar-refractivity contribution < 1.29 is 4.79 Å². The zero-order chi connectivity index (χ0) is 16.2. The Bertz CT molecular complexity index is 527. The van der Waals surface area contributed by atoms with Gasteiger partial charge in [0, 0.05) is 32.5 Å². The minimum absolute atomic E-state index is 0.271. The maximum atomic E-state index is 11.8. The van der Waals surface area contributed by atoms with Crippen molar-refractivity contribution >= 4 is 5.91 Å². The summed E-state index contributed by atoms with van der Waals surface area (Å²) in [4.78, 5) is 16.3. The highest BCUT2D eigenvalue weighted by Crippen LogP contribution is 2.27. The van der Waals surface area contributed by atoms with Crippen LogP contribution in [0.3, 0.4) is 0 Å². The average molecular weight is 319 g/mol. The summed E-state index contributed by atoms with van der Waals surface area (Å²) in [5.74, 6) is 2.88. The minimum Gasteiger partial charge on any atom is -0.343 e. The molecule has 6 nitrogen and oxygen atoms in total. The molecule has 0 saturated carbocycles. The molecule has 3 rings (SSSR count). The smallest absolute Gasteiger partial charge is 0.222 e. The molecule has 2 fully saturated rings. The van der Waals surface area contributed by atoms with Crippen LogP contribution in [-0.2, 0) is 18.4 Å². The Kier molecular flexibility index (Phi) is 5.30. The third kappa shape index (κ3) is 3.74. The topological polar surface area (TPSA) is 54.3 Å². The Morgan fingerprint density at radius 3 is 2.43 bits per heavy atom. The zero-order valence-electron chi connectivity index (χ0n) is 14.5. The van der Waals surface area contributed by atoms with Crippen molar-refractivity contribution in [2.75, 3.05) is 26.2 Å². The van der Waals surface area contributed by atoms with E-state index in [9.17, 15) is 4.79 Å². The van der Waals surface area contributed by atoms with Gasteiger partial charge >= 0.3 is 0 Å². The highest BCUT2D eigenvalue weighted by molar-refractivity contribution is 5.75. The van der Waals surface area contributed by atoms with Crippen molar-refractivity contribution in [1.82, 2.24) is 24.6 Å². The van der Waals surface area contributed by atoms with E-state index >= 15 is 0 Å². The number of carbonyl (C=O) groups is 1. The summed E-state index contributed by atoms with van der Waals surface area (Å²) in [6.07, 6.45) is 6.57. The van der Waals surface area contributed by atoms with Crippen LogP contribution in [0.1, 0.15) is 63.0 Å². The van der Waals surface area contributed by atoms with E-state index in [0.29, 0.717) is 12.3 Å². The fourth-order valence-corrected chi connectivity index (χ4v) is 3.80. The van der Waals surface area contributed by atoms with E-state index in [4.69, 9.17) is 0 Å². The lowest BCUT2D eigenvalue weighted by molar-refractivity contribution is -0.131. The molecule has 2 aliphatic heterocycles. The summed E-state index contributed by atoms with van der Waals surface area (Å²) < 4.78 is 2.19. The van der Waals surface area contributed by atoms with Crippen LogP contribution in [-0.4, -0.2) is 56.7 Å². The molecule has 3 heterocycles. The molecule has 1 aromatic heterocycles. The van der Waals surface area contributed by atoms with Gasteiger partial charge in [0.2, 0.25) is 5.91 Å². The lowest BCUT2D eigenvalue weighted by Crippen LogP contribution is -2.38. The molecule has 0 unspecified atom stereocenters. The van der Waals surface area contributed by atoms with Crippen molar-refractivity contribution in [3.63, 3.8) is 0 Å². The predicted molar refractivity (Wildman–Crippen MR) is 89.0 cm³/mol. The second kappa shape index (κ2) is 7.43. The first kappa shape index (κ1) is 16.4. The van der Waals surface area contributed by atoms with Crippen LogP contribution in [0.25, 0.3) is 0 Å². The molecule has 0 aromatic carbocycles. The number of hydrogen-bond acceptors (Lipinski definition) is 4. The lowest BCUT2D eigenvalue weighted by atomic mass is 9.95. The Hall–Kier alpha value is -1.43. The van der Waals surface area contributed by atoms with Gasteiger partial charge < -0.3 is 9.47 Å². The fourth-order valence-electron chi connectivity index (χ4n) is 3.80. The molecule has 0 atom stereocenters. The van der Waals surface area contributed by atoms with E-state index in [1.54, 1.807) is 0 Å². The SMILES string of the molecule is CCC(=O)N1CCC(c2nnc(CN3CCCCC3)n2C)CC1. The zero-order valence-corrected chi connectivity index (χ0v) is 14.5. The van der Waals surface area contributed by atoms with Crippen molar-refractivity contribution in [2.24, 2.45) is 7.05 Å². The van der Waals surface area contributed by atoms with Gasteiger partial charge in [-0.05, 0) is 38.8 Å². The minimum atomic E-state index is 0.271. The maximum absolute atomic E-state index is 11.8. The van der Waals surface area contributed by atoms with Gasteiger partial charge in [-0.15, -0.1) is 10.2 Å². The average Bonchev–Trinajstić information content (AvgIpc) is 2.96. The van der Waals surface area contributed by atoms with Crippen LogP contribution in [0.15, 0.2) is 0 Å². The molecule has 0 radical (unpaired) electrons. The van der Waals surface area contributed by atoms with Gasteiger partial charge in [0.25, 0.3) is 0 Å². The Morgan fingerprint density at radius 1 is 1.09 bits per heavy atom. The standard InChI is InChI=1S/C17H29N5O/c1-3-16(23)22-11-7-14(8-12-22)17-19-18-15(20(17)2)13-21-9-5-4-6-10-21/h14H,3-13H2,1-2H3. The van der Waals surface area contributed by atoms with Crippen LogP contribution >= 0.6 is 0 Å². The maximum Gasteiger partial charge on any atom is 0.222 e. The first-order chi connectivity index (χ1) is 11.2. The molecule has 6 heteroatoms. The number of nitrogens with zero attached hydrogens (tertiary/aromatic N) is 5. The molecular weight excluding hydrogens is 290 g/mol. The summed E-state index contributed by atoms with van der Waals surface area (Å²) in [6, 6.07) is 0. The number of aromatic nitrogens is 3. The number of rotatable bonds is 4. The highest BCUT2D eigenvalue weighted by atomic mass is 16.2. The molecule has 1 aromatic rings.